The molecule has 0 unspecified atom stereocenters. The zero-order valence-corrected chi connectivity index (χ0v) is 26.2. The first-order valence-corrected chi connectivity index (χ1v) is 16.2. The molecule has 0 aliphatic heterocycles. The highest BCUT2D eigenvalue weighted by Gasteiger charge is 2.31. The van der Waals surface area contributed by atoms with Gasteiger partial charge in [-0.1, -0.05) is 106 Å². The van der Waals surface area contributed by atoms with Crippen molar-refractivity contribution in [1.29, 1.82) is 0 Å². The zero-order valence-electron chi connectivity index (χ0n) is 26.2. The molecule has 0 spiro atoms. The predicted octanol–water partition coefficient (Wildman–Crippen LogP) is 12.0. The Labute approximate surface area is 264 Å². The van der Waals surface area contributed by atoms with Gasteiger partial charge >= 0.3 is 6.36 Å². The van der Waals surface area contributed by atoms with Crippen LogP contribution in [0.15, 0.2) is 77.8 Å². The zero-order chi connectivity index (χ0) is 31.6. The highest BCUT2D eigenvalue weighted by molar-refractivity contribution is 5.96. The van der Waals surface area contributed by atoms with Crippen LogP contribution in [0.1, 0.15) is 87.8 Å². The summed E-state index contributed by atoms with van der Waals surface area (Å²) in [6, 6.07) is 22.0. The van der Waals surface area contributed by atoms with Crippen LogP contribution >= 0.6 is 0 Å². The van der Waals surface area contributed by atoms with E-state index in [1.807, 2.05) is 48.6 Å². The number of rotatable bonds is 9. The van der Waals surface area contributed by atoms with E-state index in [0.29, 0.717) is 5.92 Å². The predicted molar refractivity (Wildman–Crippen MR) is 181 cm³/mol. The summed E-state index contributed by atoms with van der Waals surface area (Å²) in [5.41, 5.74) is 6.92. The summed E-state index contributed by atoms with van der Waals surface area (Å²) in [6.45, 7) is 4.39. The first kappa shape index (κ1) is 32.3. The average Bonchev–Trinajstić information content (AvgIpc) is 3.16. The number of ether oxygens (including phenoxy) is 1. The molecule has 4 nitrogen and oxygen atoms in total. The number of para-hydroxylation sites is 1. The molecule has 1 heterocycles. The number of nitrogens with one attached hydrogen (secondary N) is 1. The summed E-state index contributed by atoms with van der Waals surface area (Å²) in [5, 5.41) is 4.68. The van der Waals surface area contributed by atoms with Gasteiger partial charge in [-0.05, 0) is 79.1 Å². The lowest BCUT2D eigenvalue weighted by Gasteiger charge is -2.21. The van der Waals surface area contributed by atoms with Crippen molar-refractivity contribution in [3.05, 3.63) is 89.5 Å². The Morgan fingerprint density at radius 3 is 2.09 bits per heavy atom. The van der Waals surface area contributed by atoms with Crippen LogP contribution in [0, 0.1) is 12.8 Å². The minimum Gasteiger partial charge on any atom is -0.406 e. The highest BCUT2D eigenvalue weighted by atomic mass is 19.4. The fourth-order valence-corrected chi connectivity index (χ4v) is 6.10. The molecule has 5 rings (SSSR count). The summed E-state index contributed by atoms with van der Waals surface area (Å²) in [6.07, 6.45) is 11.4. The molecule has 1 fully saturated rings. The molecular weight excluding hydrogens is 571 g/mol. The Kier molecular flexibility index (Phi) is 10.9. The van der Waals surface area contributed by atoms with Crippen molar-refractivity contribution in [2.45, 2.75) is 84.4 Å². The second kappa shape index (κ2) is 15.2. The molecule has 45 heavy (non-hydrogen) atoms. The molecular formula is C38H42F3N3O. The van der Waals surface area contributed by atoms with Crippen molar-refractivity contribution in [3.8, 4) is 5.75 Å². The van der Waals surface area contributed by atoms with Crippen LogP contribution in [0.5, 0.6) is 5.75 Å². The summed E-state index contributed by atoms with van der Waals surface area (Å²) in [5.74, 6) is 1.03. The standard InChI is InChI=1S/C38H42F3N3O/c1-3-12-34(30-13-8-6-4-5-7-9-14-30)43-36-27(2)33-15-10-11-16-35(33)44-37(36)42-31-23-19-28(20-24-31)17-18-29-21-25-32(26-22-29)45-38(39,40)41/h10-11,15-26,30H,3-9,12-14H2,1-2H3,(H,42,44)/b18-17+,43-34?. The molecule has 4 aromatic rings. The number of nitrogens with zero attached hydrogens (tertiary/aromatic N) is 2. The van der Waals surface area contributed by atoms with Crippen molar-refractivity contribution in [2.75, 3.05) is 5.32 Å². The molecule has 0 amide bonds. The second-order valence-electron chi connectivity index (χ2n) is 11.9. The molecule has 1 aromatic heterocycles. The van der Waals surface area contributed by atoms with Gasteiger partial charge in [-0.25, -0.2) is 4.98 Å². The van der Waals surface area contributed by atoms with Crippen LogP contribution in [0.3, 0.4) is 0 Å². The van der Waals surface area contributed by atoms with E-state index >= 15 is 0 Å². The normalized spacial score (nSPS) is 15.5. The van der Waals surface area contributed by atoms with E-state index in [9.17, 15) is 13.2 Å². The number of aryl methyl sites for hydroxylation is 1. The van der Waals surface area contributed by atoms with Crippen molar-refractivity contribution in [3.63, 3.8) is 0 Å². The van der Waals surface area contributed by atoms with Gasteiger partial charge in [-0.3, -0.25) is 4.99 Å². The molecule has 1 aliphatic rings. The number of pyridine rings is 1. The third-order valence-electron chi connectivity index (χ3n) is 8.46. The number of aromatic nitrogens is 1. The molecule has 1 aliphatic carbocycles. The van der Waals surface area contributed by atoms with Gasteiger partial charge in [-0.2, -0.15) is 0 Å². The summed E-state index contributed by atoms with van der Waals surface area (Å²) >= 11 is 0. The van der Waals surface area contributed by atoms with E-state index < -0.39 is 6.36 Å². The van der Waals surface area contributed by atoms with Gasteiger partial charge in [-0.15, -0.1) is 13.2 Å². The molecule has 1 saturated carbocycles. The minimum absolute atomic E-state index is 0.238. The highest BCUT2D eigenvalue weighted by Crippen LogP contribution is 2.37. The third kappa shape index (κ3) is 9.19. The molecule has 236 valence electrons. The Morgan fingerprint density at radius 2 is 1.47 bits per heavy atom. The smallest absolute Gasteiger partial charge is 0.406 e. The van der Waals surface area contributed by atoms with Gasteiger partial charge in [0.05, 0.1) is 5.52 Å². The lowest BCUT2D eigenvalue weighted by atomic mass is 9.89. The minimum atomic E-state index is -4.70. The maximum atomic E-state index is 12.4. The Morgan fingerprint density at radius 1 is 0.867 bits per heavy atom. The van der Waals surface area contributed by atoms with E-state index in [2.05, 4.69) is 36.0 Å². The van der Waals surface area contributed by atoms with E-state index in [4.69, 9.17) is 9.98 Å². The van der Waals surface area contributed by atoms with Crippen LogP contribution in [0.2, 0.25) is 0 Å². The molecule has 0 saturated heterocycles. The van der Waals surface area contributed by atoms with E-state index in [-0.39, 0.29) is 5.75 Å². The maximum Gasteiger partial charge on any atom is 0.573 e. The van der Waals surface area contributed by atoms with Crippen LogP contribution in [-0.4, -0.2) is 17.1 Å². The lowest BCUT2D eigenvalue weighted by Crippen LogP contribution is -2.16. The first-order chi connectivity index (χ1) is 21.8. The molecule has 0 bridgehead atoms. The number of benzene rings is 3. The van der Waals surface area contributed by atoms with Crippen molar-refractivity contribution in [2.24, 2.45) is 10.9 Å². The summed E-state index contributed by atoms with van der Waals surface area (Å²) in [7, 11) is 0. The van der Waals surface area contributed by atoms with Crippen LogP contribution < -0.4 is 10.1 Å². The van der Waals surface area contributed by atoms with E-state index in [1.54, 1.807) is 12.1 Å². The number of hydrogen-bond acceptors (Lipinski definition) is 4. The van der Waals surface area contributed by atoms with Crippen LogP contribution in [0.25, 0.3) is 23.1 Å². The Bertz CT molecular complexity index is 1600. The second-order valence-corrected chi connectivity index (χ2v) is 11.9. The van der Waals surface area contributed by atoms with Gasteiger partial charge in [0.25, 0.3) is 0 Å². The van der Waals surface area contributed by atoms with Crippen molar-refractivity contribution < 1.29 is 17.9 Å². The van der Waals surface area contributed by atoms with Gasteiger partial charge in [0.2, 0.25) is 0 Å². The molecule has 0 atom stereocenters. The van der Waals surface area contributed by atoms with Crippen molar-refractivity contribution >= 4 is 46.0 Å². The number of anilines is 2. The van der Waals surface area contributed by atoms with Crippen LogP contribution in [0.4, 0.5) is 30.4 Å². The number of aliphatic imine (C=N–C) groups is 1. The first-order valence-electron chi connectivity index (χ1n) is 16.2. The lowest BCUT2D eigenvalue weighted by molar-refractivity contribution is -0.274. The SMILES string of the molecule is CCCC(=Nc1c(Nc2ccc(/C=C/c3ccc(OC(F)(F)F)cc3)cc2)nc2ccccc2c1C)C1CCCCCCCC1. The van der Waals surface area contributed by atoms with Crippen LogP contribution in [-0.2, 0) is 0 Å². The van der Waals surface area contributed by atoms with Gasteiger partial charge in [0.1, 0.15) is 11.4 Å². The maximum absolute atomic E-state index is 12.4. The third-order valence-corrected chi connectivity index (χ3v) is 8.46. The Hall–Kier alpha value is -4.13. The monoisotopic (exact) mass is 613 g/mol. The van der Waals surface area contributed by atoms with Crippen molar-refractivity contribution in [1.82, 2.24) is 4.98 Å². The number of halogens is 3. The number of hydrogen-bond donors (Lipinski definition) is 1. The van der Waals surface area contributed by atoms with Gasteiger partial charge in [0.15, 0.2) is 5.82 Å². The van der Waals surface area contributed by atoms with E-state index in [0.717, 1.165) is 57.6 Å². The topological polar surface area (TPSA) is 46.5 Å². The molecule has 3 aromatic carbocycles. The summed E-state index contributed by atoms with van der Waals surface area (Å²) < 4.78 is 41.3. The largest absolute Gasteiger partial charge is 0.573 e. The molecule has 7 heteroatoms. The molecule has 0 radical (unpaired) electrons. The van der Waals surface area contributed by atoms with Gasteiger partial charge in [0, 0.05) is 16.8 Å². The average molecular weight is 614 g/mol. The van der Waals surface area contributed by atoms with Gasteiger partial charge < -0.3 is 10.1 Å². The fraction of sp³-hybridized carbons (Fsp3) is 0.368. The summed E-state index contributed by atoms with van der Waals surface area (Å²) in [4.78, 5) is 10.5. The number of alkyl halides is 3. The fourth-order valence-electron chi connectivity index (χ4n) is 6.10. The molecule has 1 N–H and O–H groups in total. The van der Waals surface area contributed by atoms with E-state index in [1.165, 1.54) is 69.2 Å². The number of fused-ring (bicyclic) bond motifs is 1. The quantitative estimate of drug-likeness (QED) is 0.151. The Balaban J connectivity index is 1.40.